The molecule has 0 bridgehead atoms. The summed E-state index contributed by atoms with van der Waals surface area (Å²) in [4.78, 5) is 28.6. The maximum Gasteiger partial charge on any atom is 0.325 e. The van der Waals surface area contributed by atoms with E-state index in [9.17, 15) is 14.7 Å². The quantitative estimate of drug-likeness (QED) is 0.295. The smallest absolute Gasteiger partial charge is 0.325 e. The van der Waals surface area contributed by atoms with E-state index in [4.69, 9.17) is 11.6 Å². The lowest BCUT2D eigenvalue weighted by atomic mass is 9.98. The lowest BCUT2D eigenvalue weighted by Crippen LogP contribution is -2.39. The number of nitrogens with zero attached hydrogens (tertiary/aromatic N) is 5. The van der Waals surface area contributed by atoms with Crippen LogP contribution in [0.1, 0.15) is 48.6 Å². The van der Waals surface area contributed by atoms with Gasteiger partial charge in [0.2, 0.25) is 5.82 Å². The molecular weight excluding hydrogens is 482 g/mol. The van der Waals surface area contributed by atoms with Crippen molar-refractivity contribution in [1.82, 2.24) is 35.5 Å². The number of amides is 1. The second kappa shape index (κ2) is 11.1. The fraction of sp³-hybridized carbons (Fsp3) is 0.280. The van der Waals surface area contributed by atoms with Crippen LogP contribution >= 0.6 is 11.6 Å². The molecule has 36 heavy (non-hydrogen) atoms. The molecule has 0 radical (unpaired) electrons. The highest BCUT2D eigenvalue weighted by Crippen LogP contribution is 2.30. The highest BCUT2D eigenvalue weighted by Gasteiger charge is 2.25. The van der Waals surface area contributed by atoms with Crippen molar-refractivity contribution in [3.05, 3.63) is 70.8 Å². The van der Waals surface area contributed by atoms with Gasteiger partial charge in [0.05, 0.1) is 0 Å². The summed E-state index contributed by atoms with van der Waals surface area (Å²) in [7, 11) is 0. The largest absolute Gasteiger partial charge is 0.480 e. The van der Waals surface area contributed by atoms with Gasteiger partial charge in [-0.15, -0.1) is 10.2 Å². The topological polar surface area (TPSA) is 139 Å². The number of carboxylic acids is 1. The molecule has 0 aliphatic rings. The normalized spacial score (nSPS) is 11.9. The molecule has 1 amide bonds. The summed E-state index contributed by atoms with van der Waals surface area (Å²) in [5, 5.41) is 26.1. The van der Waals surface area contributed by atoms with Crippen LogP contribution < -0.4 is 5.32 Å². The fourth-order valence-corrected chi connectivity index (χ4v) is 4.17. The van der Waals surface area contributed by atoms with Gasteiger partial charge in [-0.2, -0.15) is 5.21 Å². The Balaban J connectivity index is 1.64. The zero-order chi connectivity index (χ0) is 25.7. The number of carbonyl (C=O) groups excluding carboxylic acids is 1. The third-order valence-corrected chi connectivity index (χ3v) is 6.07. The number of carboxylic acid groups (broad SMARTS) is 1. The molecule has 0 fully saturated rings. The molecule has 2 heterocycles. The summed E-state index contributed by atoms with van der Waals surface area (Å²) >= 11 is 6.36. The van der Waals surface area contributed by atoms with Crippen molar-refractivity contribution in [2.75, 3.05) is 0 Å². The third-order valence-electron chi connectivity index (χ3n) is 5.81. The van der Waals surface area contributed by atoms with Gasteiger partial charge in [-0.3, -0.25) is 9.59 Å². The number of halogens is 1. The summed E-state index contributed by atoms with van der Waals surface area (Å²) in [6, 6.07) is 14.7. The van der Waals surface area contributed by atoms with Crippen LogP contribution in [0.2, 0.25) is 5.15 Å². The number of hydrogen-bond acceptors (Lipinski definition) is 6. The van der Waals surface area contributed by atoms with E-state index in [-0.39, 0.29) is 10.8 Å². The van der Waals surface area contributed by atoms with E-state index in [0.717, 1.165) is 35.1 Å². The number of aliphatic carboxylic acids is 1. The Bertz CT molecular complexity index is 1350. The summed E-state index contributed by atoms with van der Waals surface area (Å²) in [5.41, 5.74) is 3.88. The summed E-state index contributed by atoms with van der Waals surface area (Å²) in [6.07, 6.45) is 2.48. The number of carbonyl (C=O) groups is 2. The monoisotopic (exact) mass is 507 g/mol. The minimum Gasteiger partial charge on any atom is -0.480 e. The van der Waals surface area contributed by atoms with Crippen molar-refractivity contribution < 1.29 is 14.7 Å². The van der Waals surface area contributed by atoms with E-state index in [1.54, 1.807) is 4.57 Å². The molecule has 0 unspecified atom stereocenters. The predicted octanol–water partition coefficient (Wildman–Crippen LogP) is 3.98. The Morgan fingerprint density at radius 3 is 2.50 bits per heavy atom. The third kappa shape index (κ3) is 5.44. The van der Waals surface area contributed by atoms with Crippen LogP contribution in [0.4, 0.5) is 0 Å². The first-order chi connectivity index (χ1) is 17.4. The second-order valence-electron chi connectivity index (χ2n) is 8.37. The molecule has 186 valence electrons. The first kappa shape index (κ1) is 25.1. The van der Waals surface area contributed by atoms with Gasteiger partial charge < -0.3 is 15.0 Å². The molecule has 0 aliphatic heterocycles. The van der Waals surface area contributed by atoms with Crippen LogP contribution in [0.5, 0.6) is 0 Å². The first-order valence-corrected chi connectivity index (χ1v) is 12.0. The molecule has 3 N–H and O–H groups in total. The van der Waals surface area contributed by atoms with Crippen LogP contribution in [0, 0.1) is 0 Å². The van der Waals surface area contributed by atoms with Crippen molar-refractivity contribution >= 4 is 23.5 Å². The molecule has 1 atom stereocenters. The minimum atomic E-state index is -1.13. The average molecular weight is 508 g/mol. The van der Waals surface area contributed by atoms with E-state index >= 15 is 0 Å². The van der Waals surface area contributed by atoms with Gasteiger partial charge in [0.15, 0.2) is 5.15 Å². The number of benzene rings is 2. The molecule has 11 heteroatoms. The number of imidazole rings is 1. The van der Waals surface area contributed by atoms with Gasteiger partial charge >= 0.3 is 5.97 Å². The molecule has 0 saturated carbocycles. The van der Waals surface area contributed by atoms with E-state index in [1.807, 2.05) is 48.5 Å². The Hall–Kier alpha value is -4.05. The van der Waals surface area contributed by atoms with Crippen molar-refractivity contribution in [2.24, 2.45) is 0 Å². The zero-order valence-electron chi connectivity index (χ0n) is 19.9. The van der Waals surface area contributed by atoms with E-state index in [0.29, 0.717) is 24.6 Å². The van der Waals surface area contributed by atoms with Gasteiger partial charge in [-0.05, 0) is 35.2 Å². The number of aromatic nitrogens is 6. The van der Waals surface area contributed by atoms with Crippen LogP contribution in [-0.4, -0.2) is 53.2 Å². The van der Waals surface area contributed by atoms with Crippen LogP contribution in [0.15, 0.2) is 48.5 Å². The number of aryl methyl sites for hydroxylation is 1. The summed E-state index contributed by atoms with van der Waals surface area (Å²) in [5.74, 6) is -0.514. The summed E-state index contributed by atoms with van der Waals surface area (Å²) in [6.45, 7) is 3.83. The Morgan fingerprint density at radius 1 is 1.14 bits per heavy atom. The number of H-pyrrole nitrogens is 1. The molecule has 0 spiro atoms. The molecule has 4 rings (SSSR count). The Morgan fingerprint density at radius 2 is 1.86 bits per heavy atom. The fourth-order valence-electron chi connectivity index (χ4n) is 3.88. The van der Waals surface area contributed by atoms with Gasteiger partial charge in [-0.1, -0.05) is 73.5 Å². The highest BCUT2D eigenvalue weighted by molar-refractivity contribution is 6.32. The van der Waals surface area contributed by atoms with Crippen molar-refractivity contribution in [2.45, 2.75) is 45.7 Å². The molecule has 2 aromatic carbocycles. The maximum atomic E-state index is 12.9. The minimum absolute atomic E-state index is 0.0573. The number of unbranched alkanes of at least 4 members (excludes halogenated alkanes) is 1. The lowest BCUT2D eigenvalue weighted by molar-refractivity contribution is -0.138. The molecule has 0 saturated heterocycles. The van der Waals surface area contributed by atoms with E-state index in [2.05, 4.69) is 37.8 Å². The highest BCUT2D eigenvalue weighted by atomic mass is 35.5. The maximum absolute atomic E-state index is 12.9. The number of rotatable bonds is 10. The Labute approximate surface area is 212 Å². The standard InChI is InChI=1S/C25H26ClN7O3/c1-3-4-9-20-28-22(26)21(24(34)27-15(2)25(35)36)33(20)14-16-10-12-17(13-11-16)18-7-5-6-8-19(18)23-29-31-32-30-23/h5-8,10-13,15H,3-4,9,14H2,1-2H3,(H,27,34)(H,35,36)(H,29,30,31,32)/t15-/m0/s1. The van der Waals surface area contributed by atoms with Gasteiger partial charge in [0.25, 0.3) is 5.91 Å². The number of hydrogen-bond donors (Lipinski definition) is 3. The number of aromatic amines is 1. The lowest BCUT2D eigenvalue weighted by Gasteiger charge is -2.14. The molecule has 2 aromatic heterocycles. The van der Waals surface area contributed by atoms with Gasteiger partial charge in [0.1, 0.15) is 17.6 Å². The van der Waals surface area contributed by atoms with Gasteiger partial charge in [-0.25, -0.2) is 4.98 Å². The van der Waals surface area contributed by atoms with Crippen LogP contribution in [0.3, 0.4) is 0 Å². The number of nitrogens with one attached hydrogen (secondary N) is 2. The van der Waals surface area contributed by atoms with Crippen molar-refractivity contribution in [1.29, 1.82) is 0 Å². The zero-order valence-corrected chi connectivity index (χ0v) is 20.7. The first-order valence-electron chi connectivity index (χ1n) is 11.6. The van der Waals surface area contributed by atoms with E-state index in [1.165, 1.54) is 6.92 Å². The molecule has 4 aromatic rings. The molecular formula is C25H26ClN7O3. The SMILES string of the molecule is CCCCc1nc(Cl)c(C(=O)N[C@@H](C)C(=O)O)n1Cc1ccc(-c2ccccc2-c2nn[nH]n2)cc1. The van der Waals surface area contributed by atoms with E-state index < -0.39 is 17.9 Å². The Kier molecular flexibility index (Phi) is 7.74. The second-order valence-corrected chi connectivity index (χ2v) is 8.73. The van der Waals surface area contributed by atoms with Crippen LogP contribution in [-0.2, 0) is 17.8 Å². The summed E-state index contributed by atoms with van der Waals surface area (Å²) < 4.78 is 1.77. The molecule has 0 aliphatic carbocycles. The number of tetrazole rings is 1. The average Bonchev–Trinajstić information content (AvgIpc) is 3.51. The van der Waals surface area contributed by atoms with Crippen molar-refractivity contribution in [3.8, 4) is 22.5 Å². The van der Waals surface area contributed by atoms with Crippen LogP contribution in [0.25, 0.3) is 22.5 Å². The van der Waals surface area contributed by atoms with Crippen molar-refractivity contribution in [3.63, 3.8) is 0 Å². The van der Waals surface area contributed by atoms with Gasteiger partial charge in [0, 0.05) is 18.5 Å². The predicted molar refractivity (Wildman–Crippen MR) is 135 cm³/mol. The molecule has 10 nitrogen and oxygen atoms in total.